The first-order valence-corrected chi connectivity index (χ1v) is 8.12. The minimum atomic E-state index is -0.557. The average molecular weight is 422 g/mol. The van der Waals surface area contributed by atoms with Crippen LogP contribution in [0.1, 0.15) is 30.5 Å². The van der Waals surface area contributed by atoms with E-state index in [1.54, 1.807) is 6.07 Å². The molecule has 0 aromatic heterocycles. The van der Waals surface area contributed by atoms with Gasteiger partial charge < -0.3 is 5.32 Å². The first kappa shape index (κ1) is 16.6. The van der Waals surface area contributed by atoms with Gasteiger partial charge in [0.05, 0.1) is 11.1 Å². The normalized spacial score (nSPS) is 12.4. The molecule has 1 atom stereocenters. The summed E-state index contributed by atoms with van der Waals surface area (Å²) >= 11 is 8.26. The summed E-state index contributed by atoms with van der Waals surface area (Å²) in [6.45, 7) is 2.66. The average Bonchev–Trinajstić information content (AvgIpc) is 2.45. The second kappa shape index (κ2) is 7.51. The van der Waals surface area contributed by atoms with Gasteiger partial charge in [0.2, 0.25) is 0 Å². The van der Waals surface area contributed by atoms with Gasteiger partial charge in [-0.2, -0.15) is 0 Å². The van der Waals surface area contributed by atoms with Gasteiger partial charge in [-0.25, -0.2) is 8.78 Å². The monoisotopic (exact) mass is 421 g/mol. The van der Waals surface area contributed by atoms with E-state index in [-0.39, 0.29) is 5.56 Å². The third-order valence-electron chi connectivity index (χ3n) is 3.16. The summed E-state index contributed by atoms with van der Waals surface area (Å²) in [6.07, 6.45) is 0.866. The molecule has 0 aliphatic heterocycles. The van der Waals surface area contributed by atoms with Crippen molar-refractivity contribution < 1.29 is 8.78 Å². The molecule has 2 aromatic rings. The molecule has 1 nitrogen and oxygen atoms in total. The van der Waals surface area contributed by atoms with Crippen molar-refractivity contribution in [2.75, 3.05) is 6.54 Å². The molecule has 0 spiro atoms. The second-order valence-corrected chi connectivity index (χ2v) is 6.27. The molecule has 112 valence electrons. The van der Waals surface area contributed by atoms with Crippen LogP contribution in [0.25, 0.3) is 0 Å². The summed E-state index contributed by atoms with van der Waals surface area (Å²) in [4.78, 5) is 0. The highest BCUT2D eigenvalue weighted by atomic mass is 127. The third kappa shape index (κ3) is 3.93. The number of benzene rings is 2. The van der Waals surface area contributed by atoms with Gasteiger partial charge in [-0.1, -0.05) is 30.7 Å². The Morgan fingerprint density at radius 1 is 1.19 bits per heavy atom. The van der Waals surface area contributed by atoms with Crippen LogP contribution in [0.3, 0.4) is 0 Å². The summed E-state index contributed by atoms with van der Waals surface area (Å²) in [7, 11) is 0. The second-order valence-electron chi connectivity index (χ2n) is 4.70. The summed E-state index contributed by atoms with van der Waals surface area (Å²) < 4.78 is 29.1. The maximum atomic E-state index is 14.1. The molecule has 1 unspecified atom stereocenters. The minimum absolute atomic E-state index is 0.0308. The van der Waals surface area contributed by atoms with Gasteiger partial charge in [0.1, 0.15) is 11.6 Å². The summed E-state index contributed by atoms with van der Waals surface area (Å²) in [5, 5.41) is 3.77. The van der Waals surface area contributed by atoms with Gasteiger partial charge in [0.25, 0.3) is 0 Å². The zero-order chi connectivity index (χ0) is 15.4. The van der Waals surface area contributed by atoms with Crippen LogP contribution in [0.4, 0.5) is 8.78 Å². The zero-order valence-electron chi connectivity index (χ0n) is 11.5. The van der Waals surface area contributed by atoms with E-state index in [0.29, 0.717) is 11.6 Å². The lowest BCUT2D eigenvalue weighted by Gasteiger charge is -2.21. The van der Waals surface area contributed by atoms with Gasteiger partial charge >= 0.3 is 0 Å². The fourth-order valence-electron chi connectivity index (χ4n) is 2.15. The van der Waals surface area contributed by atoms with Crippen LogP contribution in [0.5, 0.6) is 0 Å². The molecule has 2 rings (SSSR count). The van der Waals surface area contributed by atoms with Crippen LogP contribution in [0.2, 0.25) is 5.02 Å². The first-order chi connectivity index (χ1) is 10.0. The Morgan fingerprint density at radius 3 is 2.43 bits per heavy atom. The molecule has 0 saturated heterocycles. The van der Waals surface area contributed by atoms with Crippen molar-refractivity contribution in [2.45, 2.75) is 19.4 Å². The Morgan fingerprint density at radius 2 is 1.86 bits per heavy atom. The predicted octanol–water partition coefficient (Wildman–Crippen LogP) is 5.31. The Balaban J connectivity index is 2.49. The molecule has 0 radical (unpaired) electrons. The summed E-state index contributed by atoms with van der Waals surface area (Å²) in [5.74, 6) is -1.11. The van der Waals surface area contributed by atoms with Gasteiger partial charge in [-0.05, 0) is 65.4 Å². The smallest absolute Gasteiger partial charge is 0.131 e. The molecule has 2 aromatic carbocycles. The molecule has 0 amide bonds. The molecule has 5 heteroatoms. The van der Waals surface area contributed by atoms with Crippen molar-refractivity contribution in [2.24, 2.45) is 0 Å². The zero-order valence-corrected chi connectivity index (χ0v) is 14.4. The molecule has 21 heavy (non-hydrogen) atoms. The lowest BCUT2D eigenvalue weighted by Crippen LogP contribution is -2.25. The fourth-order valence-corrected chi connectivity index (χ4v) is 2.68. The largest absolute Gasteiger partial charge is 0.306 e. The number of nitrogens with one attached hydrogen (secondary N) is 1. The van der Waals surface area contributed by atoms with E-state index in [1.807, 2.05) is 19.1 Å². The van der Waals surface area contributed by atoms with Crippen LogP contribution >= 0.6 is 34.2 Å². The van der Waals surface area contributed by atoms with E-state index in [4.69, 9.17) is 11.6 Å². The minimum Gasteiger partial charge on any atom is -0.306 e. The highest BCUT2D eigenvalue weighted by molar-refractivity contribution is 14.1. The van der Waals surface area contributed by atoms with Crippen molar-refractivity contribution in [3.8, 4) is 0 Å². The van der Waals surface area contributed by atoms with Crippen molar-refractivity contribution in [3.05, 3.63) is 67.8 Å². The van der Waals surface area contributed by atoms with E-state index in [9.17, 15) is 8.78 Å². The molecule has 1 N–H and O–H groups in total. The lowest BCUT2D eigenvalue weighted by atomic mass is 9.97. The Hall–Kier alpha value is -0.720. The Kier molecular flexibility index (Phi) is 5.96. The number of halogens is 4. The molecule has 0 aliphatic rings. The van der Waals surface area contributed by atoms with E-state index < -0.39 is 17.7 Å². The maximum Gasteiger partial charge on any atom is 0.131 e. The van der Waals surface area contributed by atoms with E-state index >= 15 is 0 Å². The summed E-state index contributed by atoms with van der Waals surface area (Å²) in [6, 6.07) is 8.79. The fraction of sp³-hybridized carbons (Fsp3) is 0.250. The molecular formula is C16H15ClF2IN. The Bertz CT molecular complexity index is 613. The predicted molar refractivity (Wildman–Crippen MR) is 90.7 cm³/mol. The van der Waals surface area contributed by atoms with Gasteiger partial charge in [-0.3, -0.25) is 0 Å². The van der Waals surface area contributed by atoms with Crippen LogP contribution in [-0.4, -0.2) is 6.54 Å². The molecule has 0 bridgehead atoms. The number of hydrogen-bond donors (Lipinski definition) is 1. The van der Waals surface area contributed by atoms with E-state index in [2.05, 4.69) is 27.9 Å². The Labute approximate surface area is 141 Å². The molecular weight excluding hydrogens is 407 g/mol. The first-order valence-electron chi connectivity index (χ1n) is 6.66. The highest BCUT2D eigenvalue weighted by Crippen LogP contribution is 2.30. The molecule has 0 saturated carbocycles. The third-order valence-corrected chi connectivity index (χ3v) is 4.74. The van der Waals surface area contributed by atoms with Crippen molar-refractivity contribution >= 4 is 34.2 Å². The summed E-state index contributed by atoms with van der Waals surface area (Å²) in [5.41, 5.74) is 0.779. The SMILES string of the molecule is CCCNC(c1ccc(I)c(Cl)c1)c1c(F)cccc1F. The lowest BCUT2D eigenvalue weighted by molar-refractivity contribution is 0.503. The van der Waals surface area contributed by atoms with E-state index in [1.165, 1.54) is 18.2 Å². The molecule has 0 fully saturated rings. The number of rotatable bonds is 5. The van der Waals surface area contributed by atoms with Crippen LogP contribution in [0.15, 0.2) is 36.4 Å². The van der Waals surface area contributed by atoms with Gasteiger partial charge in [0.15, 0.2) is 0 Å². The number of hydrogen-bond acceptors (Lipinski definition) is 1. The van der Waals surface area contributed by atoms with Crippen LogP contribution in [-0.2, 0) is 0 Å². The molecule has 0 aliphatic carbocycles. The van der Waals surface area contributed by atoms with Crippen molar-refractivity contribution in [1.29, 1.82) is 0 Å². The van der Waals surface area contributed by atoms with Crippen molar-refractivity contribution in [1.82, 2.24) is 5.32 Å². The maximum absolute atomic E-state index is 14.1. The van der Waals surface area contributed by atoms with Crippen LogP contribution < -0.4 is 5.32 Å². The van der Waals surface area contributed by atoms with Gasteiger partial charge in [0, 0.05) is 9.13 Å². The standard InChI is InChI=1S/C16H15ClF2IN/c1-2-8-21-16(10-6-7-14(20)11(17)9-10)15-12(18)4-3-5-13(15)19/h3-7,9,16,21H,2,8H2,1H3. The quantitative estimate of drug-likeness (QED) is 0.645. The highest BCUT2D eigenvalue weighted by Gasteiger charge is 2.21. The van der Waals surface area contributed by atoms with Crippen LogP contribution in [0, 0.1) is 15.2 Å². The van der Waals surface area contributed by atoms with E-state index in [0.717, 1.165) is 15.6 Å². The topological polar surface area (TPSA) is 12.0 Å². The van der Waals surface area contributed by atoms with Crippen molar-refractivity contribution in [3.63, 3.8) is 0 Å². The molecule has 0 heterocycles. The van der Waals surface area contributed by atoms with Gasteiger partial charge in [-0.15, -0.1) is 0 Å².